The third-order valence-corrected chi connectivity index (χ3v) is 6.29. The zero-order valence-electron chi connectivity index (χ0n) is 17.3. The Morgan fingerprint density at radius 2 is 1.84 bits per heavy atom. The number of phenols is 1. The Morgan fingerprint density at radius 1 is 1.06 bits per heavy atom. The smallest absolute Gasteiger partial charge is 0.311 e. The Balaban J connectivity index is 1.81. The number of nitrogens with one attached hydrogen (secondary N) is 1. The van der Waals surface area contributed by atoms with E-state index in [1.54, 1.807) is 12.1 Å². The van der Waals surface area contributed by atoms with Crippen LogP contribution in [-0.2, 0) is 4.79 Å². The maximum absolute atomic E-state index is 13.4. The number of fused-ring (bicyclic) bond motifs is 4. The molecule has 0 bridgehead atoms. The number of Topliss-reactive ketones (excluding diaryl/α,β-unsaturated/α-hetero) is 1. The van der Waals surface area contributed by atoms with Gasteiger partial charge < -0.3 is 10.4 Å². The summed E-state index contributed by atoms with van der Waals surface area (Å²) in [4.78, 5) is 24.2. The summed E-state index contributed by atoms with van der Waals surface area (Å²) >= 11 is 0. The maximum Gasteiger partial charge on any atom is 0.311 e. The number of allylic oxidation sites excluding steroid dienone is 1. The van der Waals surface area contributed by atoms with Crippen molar-refractivity contribution in [1.82, 2.24) is 0 Å². The van der Waals surface area contributed by atoms with Crippen molar-refractivity contribution in [3.05, 3.63) is 81.4 Å². The van der Waals surface area contributed by atoms with Crippen LogP contribution in [0.4, 0.5) is 11.4 Å². The Hall–Kier alpha value is -3.67. The Bertz CT molecular complexity index is 1310. The molecule has 3 aromatic rings. The van der Waals surface area contributed by atoms with E-state index in [1.807, 2.05) is 30.3 Å². The predicted molar refractivity (Wildman–Crippen MR) is 120 cm³/mol. The zero-order chi connectivity index (χ0) is 21.9. The molecular formula is C25H22N2O4. The van der Waals surface area contributed by atoms with Gasteiger partial charge in [-0.3, -0.25) is 14.9 Å². The minimum absolute atomic E-state index is 0.00763. The lowest BCUT2D eigenvalue weighted by Crippen LogP contribution is -2.33. The first-order chi connectivity index (χ1) is 14.8. The van der Waals surface area contributed by atoms with E-state index >= 15 is 0 Å². The number of hydrogen-bond acceptors (Lipinski definition) is 5. The number of hydrogen-bond donors (Lipinski definition) is 2. The number of carbonyl (C=O) groups is 1. The molecule has 0 spiro atoms. The van der Waals surface area contributed by atoms with Gasteiger partial charge in [0.2, 0.25) is 0 Å². The number of carbonyl (C=O) groups excluding carboxylic acids is 1. The number of aromatic hydroxyl groups is 1. The first-order valence-corrected chi connectivity index (χ1v) is 10.3. The van der Waals surface area contributed by atoms with E-state index in [4.69, 9.17) is 0 Å². The Morgan fingerprint density at radius 3 is 2.61 bits per heavy atom. The van der Waals surface area contributed by atoms with E-state index in [2.05, 4.69) is 25.2 Å². The zero-order valence-corrected chi connectivity index (χ0v) is 17.3. The molecule has 0 unspecified atom stereocenters. The summed E-state index contributed by atoms with van der Waals surface area (Å²) < 4.78 is 0. The SMILES string of the molecule is CC1(C)CC(=O)C2=C(C1)c1c(ccc3ccccc13)N[C@@H]2c1cccc([N+](=O)[O-])c1O. The van der Waals surface area contributed by atoms with Crippen molar-refractivity contribution < 1.29 is 14.8 Å². The van der Waals surface area contributed by atoms with E-state index in [1.165, 1.54) is 6.07 Å². The van der Waals surface area contributed by atoms with E-state index in [-0.39, 0.29) is 16.9 Å². The number of para-hydroxylation sites is 1. The van der Waals surface area contributed by atoms with Gasteiger partial charge in [0.25, 0.3) is 0 Å². The summed E-state index contributed by atoms with van der Waals surface area (Å²) in [5, 5.41) is 27.6. The normalized spacial score (nSPS) is 19.5. The Kier molecular flexibility index (Phi) is 4.15. The molecule has 0 radical (unpaired) electrons. The van der Waals surface area contributed by atoms with Crippen molar-refractivity contribution in [1.29, 1.82) is 0 Å². The van der Waals surface area contributed by atoms with Gasteiger partial charge in [-0.1, -0.05) is 56.3 Å². The third-order valence-electron chi connectivity index (χ3n) is 6.29. The van der Waals surface area contributed by atoms with Crippen molar-refractivity contribution in [2.45, 2.75) is 32.7 Å². The topological polar surface area (TPSA) is 92.5 Å². The number of anilines is 1. The fourth-order valence-corrected chi connectivity index (χ4v) is 5.00. The van der Waals surface area contributed by atoms with Crippen molar-refractivity contribution in [3.63, 3.8) is 0 Å². The lowest BCUT2D eigenvalue weighted by molar-refractivity contribution is -0.385. The average molecular weight is 414 g/mol. The van der Waals surface area contributed by atoms with Gasteiger partial charge in [0.15, 0.2) is 11.5 Å². The van der Waals surface area contributed by atoms with Crippen LogP contribution >= 0.6 is 0 Å². The van der Waals surface area contributed by atoms with Crippen LogP contribution in [0, 0.1) is 15.5 Å². The summed E-state index contributed by atoms with van der Waals surface area (Å²) in [6, 6.07) is 15.9. The summed E-state index contributed by atoms with van der Waals surface area (Å²) in [5.74, 6) is -0.396. The molecule has 0 amide bonds. The first kappa shape index (κ1) is 19.3. The summed E-state index contributed by atoms with van der Waals surface area (Å²) in [6.07, 6.45) is 1.10. The first-order valence-electron chi connectivity index (χ1n) is 10.3. The average Bonchev–Trinajstić information content (AvgIpc) is 2.71. The van der Waals surface area contributed by atoms with Gasteiger partial charge >= 0.3 is 5.69 Å². The van der Waals surface area contributed by atoms with Crippen molar-refractivity contribution in [2.24, 2.45) is 5.41 Å². The van der Waals surface area contributed by atoms with Crippen LogP contribution in [0.1, 0.15) is 43.9 Å². The molecule has 3 aromatic carbocycles. The highest BCUT2D eigenvalue weighted by Crippen LogP contribution is 2.53. The molecule has 0 aromatic heterocycles. The van der Waals surface area contributed by atoms with Crippen LogP contribution in [0.25, 0.3) is 16.3 Å². The lowest BCUT2D eigenvalue weighted by atomic mass is 9.67. The van der Waals surface area contributed by atoms with Gasteiger partial charge in [0.1, 0.15) is 0 Å². The molecule has 0 saturated heterocycles. The van der Waals surface area contributed by atoms with E-state index in [0.29, 0.717) is 24.0 Å². The van der Waals surface area contributed by atoms with Gasteiger partial charge in [0, 0.05) is 34.9 Å². The fourth-order valence-electron chi connectivity index (χ4n) is 5.00. The summed E-state index contributed by atoms with van der Waals surface area (Å²) in [7, 11) is 0. The molecule has 31 heavy (non-hydrogen) atoms. The van der Waals surface area contributed by atoms with E-state index in [9.17, 15) is 20.0 Å². The molecule has 6 nitrogen and oxygen atoms in total. The number of nitro benzene ring substituents is 1. The van der Waals surface area contributed by atoms with Crippen LogP contribution in [0.15, 0.2) is 60.2 Å². The van der Waals surface area contributed by atoms with Crippen molar-refractivity contribution >= 4 is 33.5 Å². The summed E-state index contributed by atoms with van der Waals surface area (Å²) in [6.45, 7) is 4.17. The van der Waals surface area contributed by atoms with Gasteiger partial charge in [-0.05, 0) is 34.2 Å². The maximum atomic E-state index is 13.4. The Labute approximate surface area is 179 Å². The predicted octanol–water partition coefficient (Wildman–Crippen LogP) is 5.76. The number of ketones is 1. The van der Waals surface area contributed by atoms with Crippen LogP contribution in [0.3, 0.4) is 0 Å². The molecule has 1 atom stereocenters. The van der Waals surface area contributed by atoms with E-state index in [0.717, 1.165) is 27.6 Å². The minimum Gasteiger partial charge on any atom is -0.502 e. The largest absolute Gasteiger partial charge is 0.502 e. The second-order valence-corrected chi connectivity index (χ2v) is 9.09. The van der Waals surface area contributed by atoms with E-state index < -0.39 is 16.7 Å². The van der Waals surface area contributed by atoms with Gasteiger partial charge in [0.05, 0.1) is 11.0 Å². The van der Waals surface area contributed by atoms with Crippen LogP contribution in [-0.4, -0.2) is 15.8 Å². The van der Waals surface area contributed by atoms with Crippen LogP contribution in [0.5, 0.6) is 5.75 Å². The molecule has 2 N–H and O–H groups in total. The molecule has 0 fully saturated rings. The number of benzene rings is 3. The molecular weight excluding hydrogens is 392 g/mol. The van der Waals surface area contributed by atoms with Gasteiger partial charge in [-0.15, -0.1) is 0 Å². The van der Waals surface area contributed by atoms with Crippen LogP contribution < -0.4 is 5.32 Å². The van der Waals surface area contributed by atoms with Gasteiger partial charge in [-0.2, -0.15) is 0 Å². The second-order valence-electron chi connectivity index (χ2n) is 9.09. The fraction of sp³-hybridized carbons (Fsp3) is 0.240. The number of rotatable bonds is 2. The molecule has 156 valence electrons. The molecule has 1 aliphatic heterocycles. The molecule has 6 heteroatoms. The standard InChI is InChI=1S/C25H22N2O4/c1-25(2)12-17-21-15-7-4-3-6-14(15)10-11-18(21)26-23(22(17)20(28)13-25)16-8-5-9-19(24(16)29)27(30)31/h3-11,23,26,29H,12-13H2,1-2H3/t23-/m1/s1. The molecule has 2 aliphatic rings. The second kappa shape index (κ2) is 6.67. The van der Waals surface area contributed by atoms with Crippen molar-refractivity contribution in [3.8, 4) is 5.75 Å². The monoisotopic (exact) mass is 414 g/mol. The quantitative estimate of drug-likeness (QED) is 0.411. The minimum atomic E-state index is -0.646. The lowest BCUT2D eigenvalue weighted by Gasteiger charge is -2.40. The molecule has 0 saturated carbocycles. The summed E-state index contributed by atoms with van der Waals surface area (Å²) in [5.41, 5.74) is 3.20. The number of nitrogens with zero attached hydrogens (tertiary/aromatic N) is 1. The molecule has 1 heterocycles. The third kappa shape index (κ3) is 2.98. The highest BCUT2D eigenvalue weighted by atomic mass is 16.6. The van der Waals surface area contributed by atoms with Gasteiger partial charge in [-0.25, -0.2) is 0 Å². The number of phenolic OH excluding ortho intramolecular Hbond substituents is 1. The van der Waals surface area contributed by atoms with Crippen LogP contribution in [0.2, 0.25) is 0 Å². The highest BCUT2D eigenvalue weighted by molar-refractivity contribution is 6.13. The van der Waals surface area contributed by atoms with Crippen molar-refractivity contribution in [2.75, 3.05) is 5.32 Å². The molecule has 5 rings (SSSR count). The number of nitro groups is 1. The highest BCUT2D eigenvalue weighted by Gasteiger charge is 2.42. The molecule has 1 aliphatic carbocycles.